The van der Waals surface area contributed by atoms with Gasteiger partial charge in [-0.15, -0.1) is 0 Å². The van der Waals surface area contributed by atoms with Crippen LogP contribution in [0.5, 0.6) is 0 Å². The van der Waals surface area contributed by atoms with Crippen LogP contribution in [0.4, 0.5) is 13.2 Å². The fourth-order valence-corrected chi connectivity index (χ4v) is 3.99. The molecule has 1 N–H and O–H groups in total. The van der Waals surface area contributed by atoms with E-state index in [9.17, 15) is 21.6 Å². The molecular formula is C15H21F3N2O2S. The molecule has 0 spiro atoms. The Balaban J connectivity index is 2.02. The molecule has 1 aliphatic heterocycles. The number of halogens is 3. The molecule has 0 amide bonds. The van der Waals surface area contributed by atoms with Crippen LogP contribution in [0.1, 0.15) is 32.3 Å². The molecule has 4 nitrogen and oxygen atoms in total. The van der Waals surface area contributed by atoms with Gasteiger partial charge in [0.2, 0.25) is 10.0 Å². The highest BCUT2D eigenvalue weighted by Crippen LogP contribution is 2.30. The largest absolute Gasteiger partial charge is 0.416 e. The zero-order valence-electron chi connectivity index (χ0n) is 13.1. The molecule has 0 saturated carbocycles. The van der Waals surface area contributed by atoms with Crippen LogP contribution in [0.25, 0.3) is 0 Å². The van der Waals surface area contributed by atoms with Gasteiger partial charge in [-0.25, -0.2) is 13.1 Å². The Hall–Kier alpha value is -1.12. The van der Waals surface area contributed by atoms with E-state index in [1.165, 1.54) is 6.07 Å². The Morgan fingerprint density at radius 3 is 2.39 bits per heavy atom. The van der Waals surface area contributed by atoms with Crippen molar-refractivity contribution >= 4 is 10.0 Å². The zero-order chi connectivity index (χ0) is 17.3. The van der Waals surface area contributed by atoms with E-state index in [-0.39, 0.29) is 11.4 Å². The van der Waals surface area contributed by atoms with Crippen LogP contribution in [-0.4, -0.2) is 38.5 Å². The molecular weight excluding hydrogens is 329 g/mol. The van der Waals surface area contributed by atoms with Gasteiger partial charge in [-0.1, -0.05) is 6.07 Å². The molecule has 1 heterocycles. The monoisotopic (exact) mass is 350 g/mol. The second-order valence-corrected chi connectivity index (χ2v) is 7.70. The molecule has 1 saturated heterocycles. The van der Waals surface area contributed by atoms with E-state index >= 15 is 0 Å². The van der Waals surface area contributed by atoms with Gasteiger partial charge in [-0.05, 0) is 44.9 Å². The minimum absolute atomic E-state index is 0.174. The highest BCUT2D eigenvalue weighted by atomic mass is 32.2. The van der Waals surface area contributed by atoms with Crippen molar-refractivity contribution in [2.24, 2.45) is 0 Å². The highest BCUT2D eigenvalue weighted by Gasteiger charge is 2.32. The van der Waals surface area contributed by atoms with Crippen molar-refractivity contribution in [2.75, 3.05) is 13.1 Å². The fraction of sp³-hybridized carbons (Fsp3) is 0.600. The van der Waals surface area contributed by atoms with Crippen LogP contribution in [0.2, 0.25) is 0 Å². The first-order chi connectivity index (χ1) is 10.6. The summed E-state index contributed by atoms with van der Waals surface area (Å²) in [6, 6.07) is 4.56. The average molecular weight is 350 g/mol. The lowest BCUT2D eigenvalue weighted by molar-refractivity contribution is -0.137. The molecule has 1 aliphatic rings. The van der Waals surface area contributed by atoms with E-state index < -0.39 is 21.8 Å². The summed E-state index contributed by atoms with van der Waals surface area (Å²) in [6.45, 7) is 4.89. The molecule has 130 valence electrons. The normalized spacial score (nSPS) is 23.3. The van der Waals surface area contributed by atoms with Crippen molar-refractivity contribution in [1.82, 2.24) is 9.62 Å². The standard InChI is InChI=1S/C15H21F3N2O2S/c1-11-6-7-12(2)20(11)9-8-19-23(21,22)14-5-3-4-13(10-14)15(16,17)18/h3-5,10-12,19H,6-9H2,1-2H3/t11-,12+. The summed E-state index contributed by atoms with van der Waals surface area (Å²) < 4.78 is 64.7. The van der Waals surface area contributed by atoms with Crippen LogP contribution in [0.3, 0.4) is 0 Å². The number of sulfonamides is 1. The number of hydrogen-bond donors (Lipinski definition) is 1. The van der Waals surface area contributed by atoms with Crippen molar-refractivity contribution in [3.05, 3.63) is 29.8 Å². The SMILES string of the molecule is C[C@@H]1CC[C@H](C)N1CCNS(=O)(=O)c1cccc(C(F)(F)F)c1. The summed E-state index contributed by atoms with van der Waals surface area (Å²) in [5.41, 5.74) is -0.970. The number of nitrogens with zero attached hydrogens (tertiary/aromatic N) is 1. The Kier molecular flexibility index (Phi) is 5.37. The first-order valence-corrected chi connectivity index (χ1v) is 9.02. The van der Waals surface area contributed by atoms with Crippen molar-refractivity contribution in [1.29, 1.82) is 0 Å². The van der Waals surface area contributed by atoms with Crippen LogP contribution < -0.4 is 4.72 Å². The minimum atomic E-state index is -4.56. The summed E-state index contributed by atoms with van der Waals surface area (Å²) in [7, 11) is -3.95. The predicted molar refractivity (Wildman–Crippen MR) is 81.5 cm³/mol. The van der Waals surface area contributed by atoms with E-state index in [0.29, 0.717) is 24.7 Å². The molecule has 1 aromatic rings. The van der Waals surface area contributed by atoms with Gasteiger partial charge in [0.25, 0.3) is 0 Å². The maximum atomic E-state index is 12.7. The fourth-order valence-electron chi connectivity index (χ4n) is 2.92. The molecule has 0 radical (unpaired) electrons. The van der Waals surface area contributed by atoms with Crippen molar-refractivity contribution < 1.29 is 21.6 Å². The van der Waals surface area contributed by atoms with E-state index in [1.54, 1.807) is 0 Å². The second kappa shape index (κ2) is 6.78. The predicted octanol–water partition coefficient (Wildman–Crippen LogP) is 2.86. The van der Waals surface area contributed by atoms with Crippen molar-refractivity contribution in [3.8, 4) is 0 Å². The average Bonchev–Trinajstić information content (AvgIpc) is 2.78. The molecule has 0 aromatic heterocycles. The third kappa shape index (κ3) is 4.45. The molecule has 23 heavy (non-hydrogen) atoms. The van der Waals surface area contributed by atoms with Crippen LogP contribution >= 0.6 is 0 Å². The van der Waals surface area contributed by atoms with Crippen molar-refractivity contribution in [3.63, 3.8) is 0 Å². The first kappa shape index (κ1) is 18.2. The number of rotatable bonds is 5. The second-order valence-electron chi connectivity index (χ2n) is 5.94. The molecule has 2 rings (SSSR count). The number of likely N-dealkylation sites (tertiary alicyclic amines) is 1. The Morgan fingerprint density at radius 1 is 1.22 bits per heavy atom. The van der Waals surface area contributed by atoms with Gasteiger partial charge in [0.15, 0.2) is 0 Å². The molecule has 0 aliphatic carbocycles. The zero-order valence-corrected chi connectivity index (χ0v) is 13.9. The van der Waals surface area contributed by atoms with Gasteiger partial charge in [-0.3, -0.25) is 4.90 Å². The van der Waals surface area contributed by atoms with Gasteiger partial charge >= 0.3 is 6.18 Å². The third-order valence-electron chi connectivity index (χ3n) is 4.27. The molecule has 0 unspecified atom stereocenters. The number of hydrogen-bond acceptors (Lipinski definition) is 3. The summed E-state index contributed by atoms with van der Waals surface area (Å²) in [6.07, 6.45) is -2.42. The quantitative estimate of drug-likeness (QED) is 0.888. The summed E-state index contributed by atoms with van der Waals surface area (Å²) in [5, 5.41) is 0. The van der Waals surface area contributed by atoms with Crippen LogP contribution in [0.15, 0.2) is 29.2 Å². The summed E-state index contributed by atoms with van der Waals surface area (Å²) >= 11 is 0. The maximum absolute atomic E-state index is 12.7. The van der Waals surface area contributed by atoms with Crippen LogP contribution in [-0.2, 0) is 16.2 Å². The Morgan fingerprint density at radius 2 is 1.83 bits per heavy atom. The molecule has 0 bridgehead atoms. The van der Waals surface area contributed by atoms with Gasteiger partial charge in [0.1, 0.15) is 0 Å². The number of nitrogens with one attached hydrogen (secondary N) is 1. The van der Waals surface area contributed by atoms with Crippen LogP contribution in [0, 0.1) is 0 Å². The molecule has 8 heteroatoms. The molecule has 1 fully saturated rings. The summed E-state index contributed by atoms with van der Waals surface area (Å²) in [5.74, 6) is 0. The number of benzene rings is 1. The Labute approximate surface area is 134 Å². The highest BCUT2D eigenvalue weighted by molar-refractivity contribution is 7.89. The molecule has 2 atom stereocenters. The first-order valence-electron chi connectivity index (χ1n) is 7.54. The minimum Gasteiger partial charge on any atom is -0.297 e. The van der Waals surface area contributed by atoms with Gasteiger partial charge in [0, 0.05) is 25.2 Å². The lowest BCUT2D eigenvalue weighted by atomic mass is 10.2. The smallest absolute Gasteiger partial charge is 0.297 e. The van der Waals surface area contributed by atoms with E-state index in [2.05, 4.69) is 23.5 Å². The van der Waals surface area contributed by atoms with E-state index in [4.69, 9.17) is 0 Å². The summed E-state index contributed by atoms with van der Waals surface area (Å²) in [4.78, 5) is 1.84. The van der Waals surface area contributed by atoms with Crippen molar-refractivity contribution in [2.45, 2.75) is 49.8 Å². The Bertz CT molecular complexity index is 636. The van der Waals surface area contributed by atoms with E-state index in [1.807, 2.05) is 0 Å². The maximum Gasteiger partial charge on any atom is 0.416 e. The van der Waals surface area contributed by atoms with Gasteiger partial charge < -0.3 is 0 Å². The van der Waals surface area contributed by atoms with Gasteiger partial charge in [-0.2, -0.15) is 13.2 Å². The molecule has 1 aromatic carbocycles. The number of alkyl halides is 3. The van der Waals surface area contributed by atoms with E-state index in [0.717, 1.165) is 25.0 Å². The lowest BCUT2D eigenvalue weighted by Crippen LogP contribution is -2.39. The van der Waals surface area contributed by atoms with Gasteiger partial charge in [0.05, 0.1) is 10.5 Å². The third-order valence-corrected chi connectivity index (χ3v) is 5.73. The lowest BCUT2D eigenvalue weighted by Gasteiger charge is -2.25. The topological polar surface area (TPSA) is 49.4 Å².